The lowest BCUT2D eigenvalue weighted by atomic mass is 10.2. The number of aliphatic imine (C=N–C) groups is 1. The van der Waals surface area contributed by atoms with Crippen molar-refractivity contribution in [2.24, 2.45) is 16.5 Å². The highest BCUT2D eigenvalue weighted by molar-refractivity contribution is 5.54. The van der Waals surface area contributed by atoms with Gasteiger partial charge in [-0.25, -0.2) is 4.99 Å². The van der Waals surface area contributed by atoms with E-state index < -0.39 is 0 Å². The Morgan fingerprint density at radius 1 is 1.53 bits per heavy atom. The molecule has 0 aliphatic heterocycles. The summed E-state index contributed by atoms with van der Waals surface area (Å²) in [5, 5.41) is 0. The lowest BCUT2D eigenvalue weighted by Crippen LogP contribution is -2.14. The Bertz CT molecular complexity index is 344. The van der Waals surface area contributed by atoms with Gasteiger partial charge in [-0.3, -0.25) is 0 Å². The van der Waals surface area contributed by atoms with Gasteiger partial charge in [-0.05, 0) is 13.8 Å². The molecule has 0 bridgehead atoms. The van der Waals surface area contributed by atoms with Crippen LogP contribution in [0.3, 0.4) is 0 Å². The van der Waals surface area contributed by atoms with Gasteiger partial charge >= 0.3 is 0 Å². The van der Waals surface area contributed by atoms with E-state index in [9.17, 15) is 0 Å². The van der Waals surface area contributed by atoms with Crippen molar-refractivity contribution in [1.82, 2.24) is 4.90 Å². The second-order valence-electron chi connectivity index (χ2n) is 2.91. The maximum atomic E-state index is 5.70. The van der Waals surface area contributed by atoms with E-state index in [0.29, 0.717) is 11.5 Å². The van der Waals surface area contributed by atoms with Crippen molar-refractivity contribution in [3.8, 4) is 0 Å². The molecule has 0 atom stereocenters. The lowest BCUT2D eigenvalue weighted by molar-refractivity contribution is 0.554. The first-order valence-corrected chi connectivity index (χ1v) is 4.55. The Kier molecular flexibility index (Phi) is 5.67. The average Bonchev–Trinajstić information content (AvgIpc) is 2.24. The normalized spacial score (nSPS) is 12.7. The molecule has 4 N–H and O–H groups in total. The molecular weight excluding hydrogens is 188 g/mol. The average molecular weight is 206 g/mol. The summed E-state index contributed by atoms with van der Waals surface area (Å²) >= 11 is 0. The fourth-order valence-corrected chi connectivity index (χ4v) is 1.07. The van der Waals surface area contributed by atoms with Crippen LogP contribution >= 0.6 is 0 Å². The van der Waals surface area contributed by atoms with Crippen LogP contribution in [-0.4, -0.2) is 18.3 Å². The minimum Gasteiger partial charge on any atom is -0.392 e. The predicted octanol–water partition coefficient (Wildman–Crippen LogP) is 1.30. The zero-order chi connectivity index (χ0) is 11.8. The molecule has 0 amide bonds. The van der Waals surface area contributed by atoms with Crippen LogP contribution in [0.4, 0.5) is 0 Å². The molecule has 0 aromatic heterocycles. The van der Waals surface area contributed by atoms with Crippen LogP contribution in [0.15, 0.2) is 46.7 Å². The van der Waals surface area contributed by atoms with Crippen molar-refractivity contribution in [2.75, 3.05) is 7.05 Å². The number of allylic oxidation sites excluding steroid dienone is 2. The summed E-state index contributed by atoms with van der Waals surface area (Å²) in [5.41, 5.74) is 14.9. The van der Waals surface area contributed by atoms with Crippen molar-refractivity contribution in [2.45, 2.75) is 13.8 Å². The highest BCUT2D eigenvalue weighted by Gasteiger charge is 2.06. The van der Waals surface area contributed by atoms with Gasteiger partial charge in [-0.2, -0.15) is 0 Å². The van der Waals surface area contributed by atoms with Gasteiger partial charge < -0.3 is 16.4 Å². The van der Waals surface area contributed by atoms with Gasteiger partial charge in [-0.15, -0.1) is 5.73 Å². The molecule has 15 heavy (non-hydrogen) atoms. The van der Waals surface area contributed by atoms with Crippen LogP contribution in [-0.2, 0) is 0 Å². The number of hydrogen-bond donors (Lipinski definition) is 2. The SMILES string of the molecule is C=C=C(N)/C(C)=C(\N=CN)N(C)C=CC. The van der Waals surface area contributed by atoms with Gasteiger partial charge in [0.05, 0.1) is 12.0 Å². The van der Waals surface area contributed by atoms with E-state index in [0.717, 1.165) is 5.57 Å². The van der Waals surface area contributed by atoms with E-state index in [1.54, 1.807) is 0 Å². The number of nitrogens with zero attached hydrogens (tertiary/aromatic N) is 2. The van der Waals surface area contributed by atoms with Gasteiger partial charge in [0.15, 0.2) is 0 Å². The largest absolute Gasteiger partial charge is 0.392 e. The predicted molar refractivity (Wildman–Crippen MR) is 64.8 cm³/mol. The summed E-state index contributed by atoms with van der Waals surface area (Å²) in [6, 6.07) is 0. The van der Waals surface area contributed by atoms with Gasteiger partial charge in [0.1, 0.15) is 5.82 Å². The zero-order valence-corrected chi connectivity index (χ0v) is 9.49. The van der Waals surface area contributed by atoms with Crippen LogP contribution in [0.2, 0.25) is 0 Å². The van der Waals surface area contributed by atoms with Gasteiger partial charge in [-0.1, -0.05) is 12.7 Å². The molecule has 0 radical (unpaired) electrons. The maximum Gasteiger partial charge on any atom is 0.139 e. The third-order valence-corrected chi connectivity index (χ3v) is 1.83. The molecule has 0 rings (SSSR count). The molecule has 0 aromatic carbocycles. The first-order valence-electron chi connectivity index (χ1n) is 4.55. The Morgan fingerprint density at radius 2 is 2.13 bits per heavy atom. The fraction of sp³-hybridized carbons (Fsp3) is 0.273. The molecule has 0 unspecified atom stereocenters. The number of nitrogens with two attached hydrogens (primary N) is 2. The summed E-state index contributed by atoms with van der Waals surface area (Å²) in [4.78, 5) is 5.87. The molecule has 0 heterocycles. The highest BCUT2D eigenvalue weighted by Crippen LogP contribution is 2.14. The highest BCUT2D eigenvalue weighted by atomic mass is 15.2. The van der Waals surface area contributed by atoms with Crippen molar-refractivity contribution in [3.05, 3.63) is 41.7 Å². The van der Waals surface area contributed by atoms with Crippen molar-refractivity contribution >= 4 is 6.34 Å². The standard InChI is InChI=1S/C11H18N4/c1-5-7-15(4)11(14-8-12)9(3)10(13)6-2/h5,7-8H,2,13H2,1,3-4H3,(H2,12,14)/b7-5?,11-9+. The minimum atomic E-state index is 0.465. The van der Waals surface area contributed by atoms with E-state index in [-0.39, 0.29) is 0 Å². The lowest BCUT2D eigenvalue weighted by Gasteiger charge is -2.16. The molecule has 0 aliphatic carbocycles. The molecule has 82 valence electrons. The van der Waals surface area contributed by atoms with Crippen LogP contribution in [0.25, 0.3) is 0 Å². The number of hydrogen-bond acceptors (Lipinski definition) is 3. The number of rotatable bonds is 4. The van der Waals surface area contributed by atoms with Crippen LogP contribution in [0.1, 0.15) is 13.8 Å². The second kappa shape index (κ2) is 6.51. The molecule has 0 saturated carbocycles. The Balaban J connectivity index is 5.37. The first-order chi connectivity index (χ1) is 7.08. The monoisotopic (exact) mass is 206 g/mol. The van der Waals surface area contributed by atoms with E-state index in [2.05, 4.69) is 17.3 Å². The van der Waals surface area contributed by atoms with E-state index in [1.807, 2.05) is 38.1 Å². The zero-order valence-electron chi connectivity index (χ0n) is 9.49. The van der Waals surface area contributed by atoms with Gasteiger partial charge in [0, 0.05) is 18.8 Å². The summed E-state index contributed by atoms with van der Waals surface area (Å²) in [6.45, 7) is 7.25. The Labute approximate surface area is 91.0 Å². The fourth-order valence-electron chi connectivity index (χ4n) is 1.07. The summed E-state index contributed by atoms with van der Waals surface area (Å²) in [5.74, 6) is 0.671. The summed E-state index contributed by atoms with van der Waals surface area (Å²) in [7, 11) is 1.86. The Morgan fingerprint density at radius 3 is 2.53 bits per heavy atom. The third kappa shape index (κ3) is 3.75. The Hall–Kier alpha value is -1.93. The molecule has 4 nitrogen and oxygen atoms in total. The van der Waals surface area contributed by atoms with Crippen molar-refractivity contribution in [3.63, 3.8) is 0 Å². The van der Waals surface area contributed by atoms with E-state index in [1.165, 1.54) is 6.34 Å². The molecule has 0 saturated heterocycles. The molecule has 4 heteroatoms. The van der Waals surface area contributed by atoms with Crippen LogP contribution < -0.4 is 11.5 Å². The molecule has 0 fully saturated rings. The van der Waals surface area contributed by atoms with Crippen LogP contribution in [0, 0.1) is 0 Å². The second-order valence-corrected chi connectivity index (χ2v) is 2.91. The van der Waals surface area contributed by atoms with Crippen LogP contribution in [0.5, 0.6) is 0 Å². The summed E-state index contributed by atoms with van der Waals surface area (Å²) < 4.78 is 0. The van der Waals surface area contributed by atoms with E-state index in [4.69, 9.17) is 11.5 Å². The molecule has 0 aromatic rings. The van der Waals surface area contributed by atoms with Gasteiger partial charge in [0.2, 0.25) is 0 Å². The molecule has 0 spiro atoms. The van der Waals surface area contributed by atoms with Gasteiger partial charge in [0.25, 0.3) is 0 Å². The third-order valence-electron chi connectivity index (χ3n) is 1.83. The molecular formula is C11H18N4. The topological polar surface area (TPSA) is 67.6 Å². The minimum absolute atomic E-state index is 0.465. The van der Waals surface area contributed by atoms with E-state index >= 15 is 0 Å². The summed E-state index contributed by atoms with van der Waals surface area (Å²) in [6.07, 6.45) is 4.99. The van der Waals surface area contributed by atoms with Crippen molar-refractivity contribution < 1.29 is 0 Å². The smallest absolute Gasteiger partial charge is 0.139 e. The molecule has 0 aliphatic rings. The quantitative estimate of drug-likeness (QED) is 0.315. The van der Waals surface area contributed by atoms with Crippen molar-refractivity contribution in [1.29, 1.82) is 0 Å². The maximum absolute atomic E-state index is 5.70. The first kappa shape index (κ1) is 13.1.